The van der Waals surface area contributed by atoms with Crippen LogP contribution in [0.2, 0.25) is 0 Å². The summed E-state index contributed by atoms with van der Waals surface area (Å²) in [5, 5.41) is 10.1. The number of rotatable bonds is 2. The van der Waals surface area contributed by atoms with Crippen LogP contribution >= 0.6 is 0 Å². The van der Waals surface area contributed by atoms with Crippen LogP contribution in [0.4, 0.5) is 4.39 Å². The van der Waals surface area contributed by atoms with E-state index in [1.165, 1.54) is 6.07 Å². The molecule has 84 valence electrons. The lowest BCUT2D eigenvalue weighted by molar-refractivity contribution is 0.271. The Hall–Kier alpha value is -1.48. The Bertz CT molecular complexity index is 519. The molecule has 0 saturated heterocycles. The molecule has 0 fully saturated rings. The molecular weight excluding hydrogens is 205 g/mol. The lowest BCUT2D eigenvalue weighted by Crippen LogP contribution is -2.04. The van der Waals surface area contributed by atoms with Gasteiger partial charge in [-0.15, -0.1) is 0 Å². The summed E-state index contributed by atoms with van der Waals surface area (Å²) in [6.45, 7) is 3.59. The van der Waals surface area contributed by atoms with E-state index in [4.69, 9.17) is 5.11 Å². The van der Waals surface area contributed by atoms with Crippen LogP contribution in [0.5, 0.6) is 0 Å². The summed E-state index contributed by atoms with van der Waals surface area (Å²) in [6.07, 6.45) is 0. The average Bonchev–Trinajstić information content (AvgIpc) is 2.28. The predicted molar refractivity (Wildman–Crippen MR) is 61.9 cm³/mol. The zero-order chi connectivity index (χ0) is 11.7. The van der Waals surface area contributed by atoms with Crippen LogP contribution in [0.1, 0.15) is 24.1 Å². The average molecular weight is 219 g/mol. The fourth-order valence-electron chi connectivity index (χ4n) is 1.84. The summed E-state index contributed by atoms with van der Waals surface area (Å²) in [6, 6.07) is 6.96. The SMILES string of the molecule is Cc1ccc2ccc(F)c(C(C)CO)c2n1. The van der Waals surface area contributed by atoms with Gasteiger partial charge in [0.05, 0.1) is 5.52 Å². The van der Waals surface area contributed by atoms with Crippen molar-refractivity contribution < 1.29 is 9.50 Å². The number of nitrogens with zero attached hydrogens (tertiary/aromatic N) is 1. The van der Waals surface area contributed by atoms with E-state index >= 15 is 0 Å². The third-order valence-electron chi connectivity index (χ3n) is 2.75. The maximum Gasteiger partial charge on any atom is 0.128 e. The van der Waals surface area contributed by atoms with Crippen LogP contribution in [0.3, 0.4) is 0 Å². The standard InChI is InChI=1S/C13H14FNO/c1-8(7-16)12-11(14)6-5-10-4-3-9(2)15-13(10)12/h3-6,8,16H,7H2,1-2H3. The van der Waals surface area contributed by atoms with Gasteiger partial charge in [-0.1, -0.05) is 13.0 Å². The Balaban J connectivity index is 2.77. The molecule has 0 aliphatic rings. The number of halogens is 1. The predicted octanol–water partition coefficient (Wildman–Crippen LogP) is 2.78. The molecule has 1 heterocycles. The summed E-state index contributed by atoms with van der Waals surface area (Å²) < 4.78 is 13.7. The first-order valence-electron chi connectivity index (χ1n) is 5.30. The van der Waals surface area contributed by atoms with Crippen molar-refractivity contribution in [1.29, 1.82) is 0 Å². The quantitative estimate of drug-likeness (QED) is 0.842. The van der Waals surface area contributed by atoms with E-state index in [-0.39, 0.29) is 18.3 Å². The topological polar surface area (TPSA) is 33.1 Å². The van der Waals surface area contributed by atoms with Crippen molar-refractivity contribution in [2.45, 2.75) is 19.8 Å². The Labute approximate surface area is 93.8 Å². The number of hydrogen-bond donors (Lipinski definition) is 1. The molecule has 1 N–H and O–H groups in total. The van der Waals surface area contributed by atoms with E-state index in [2.05, 4.69) is 4.98 Å². The number of fused-ring (bicyclic) bond motifs is 1. The van der Waals surface area contributed by atoms with Crippen molar-refractivity contribution in [3.8, 4) is 0 Å². The van der Waals surface area contributed by atoms with E-state index in [0.717, 1.165) is 11.1 Å². The van der Waals surface area contributed by atoms with Gasteiger partial charge in [0, 0.05) is 29.2 Å². The molecule has 0 spiro atoms. The van der Waals surface area contributed by atoms with E-state index < -0.39 is 0 Å². The molecule has 0 amide bonds. The highest BCUT2D eigenvalue weighted by molar-refractivity contribution is 5.82. The number of hydrogen-bond acceptors (Lipinski definition) is 2. The summed E-state index contributed by atoms with van der Waals surface area (Å²) in [7, 11) is 0. The zero-order valence-corrected chi connectivity index (χ0v) is 9.37. The summed E-state index contributed by atoms with van der Waals surface area (Å²) in [4.78, 5) is 4.35. The lowest BCUT2D eigenvalue weighted by Gasteiger charge is -2.12. The van der Waals surface area contributed by atoms with Gasteiger partial charge in [0.1, 0.15) is 5.82 Å². The highest BCUT2D eigenvalue weighted by Crippen LogP contribution is 2.26. The van der Waals surface area contributed by atoms with Gasteiger partial charge >= 0.3 is 0 Å². The number of aryl methyl sites for hydroxylation is 1. The Kier molecular flexibility index (Phi) is 2.88. The van der Waals surface area contributed by atoms with E-state index in [9.17, 15) is 4.39 Å². The Morgan fingerprint density at radius 3 is 2.69 bits per heavy atom. The van der Waals surface area contributed by atoms with Crippen molar-refractivity contribution in [3.63, 3.8) is 0 Å². The van der Waals surface area contributed by atoms with Crippen LogP contribution in [-0.2, 0) is 0 Å². The van der Waals surface area contributed by atoms with Crippen LogP contribution in [0.25, 0.3) is 10.9 Å². The molecule has 0 saturated carbocycles. The molecule has 1 atom stereocenters. The van der Waals surface area contributed by atoms with Crippen molar-refractivity contribution in [1.82, 2.24) is 4.98 Å². The maximum atomic E-state index is 13.7. The molecule has 3 heteroatoms. The largest absolute Gasteiger partial charge is 0.396 e. The smallest absolute Gasteiger partial charge is 0.128 e. The summed E-state index contributed by atoms with van der Waals surface area (Å²) >= 11 is 0. The molecular formula is C13H14FNO. The third kappa shape index (κ3) is 1.78. The Morgan fingerprint density at radius 1 is 1.31 bits per heavy atom. The fourth-order valence-corrected chi connectivity index (χ4v) is 1.84. The van der Waals surface area contributed by atoms with Crippen molar-refractivity contribution in [3.05, 3.63) is 41.3 Å². The molecule has 16 heavy (non-hydrogen) atoms. The first-order chi connectivity index (χ1) is 7.63. The summed E-state index contributed by atoms with van der Waals surface area (Å²) in [5.74, 6) is -0.537. The highest BCUT2D eigenvalue weighted by Gasteiger charge is 2.15. The van der Waals surface area contributed by atoms with Crippen molar-refractivity contribution in [2.24, 2.45) is 0 Å². The number of pyridine rings is 1. The molecule has 2 aromatic rings. The van der Waals surface area contributed by atoms with Gasteiger partial charge in [0.25, 0.3) is 0 Å². The van der Waals surface area contributed by atoms with Gasteiger partial charge in [-0.3, -0.25) is 4.98 Å². The van der Waals surface area contributed by atoms with Gasteiger partial charge in [-0.25, -0.2) is 4.39 Å². The zero-order valence-electron chi connectivity index (χ0n) is 9.37. The summed E-state index contributed by atoms with van der Waals surface area (Å²) in [5.41, 5.74) is 2.01. The molecule has 0 aliphatic carbocycles. The number of aliphatic hydroxyl groups is 1. The molecule has 0 bridgehead atoms. The van der Waals surface area contributed by atoms with Crippen LogP contribution in [0.15, 0.2) is 24.3 Å². The second-order valence-corrected chi connectivity index (χ2v) is 4.07. The van der Waals surface area contributed by atoms with Crippen LogP contribution < -0.4 is 0 Å². The minimum Gasteiger partial charge on any atom is -0.396 e. The van der Waals surface area contributed by atoms with Gasteiger partial charge in [-0.05, 0) is 25.1 Å². The normalized spacial score (nSPS) is 13.0. The Morgan fingerprint density at radius 2 is 2.00 bits per heavy atom. The third-order valence-corrected chi connectivity index (χ3v) is 2.75. The maximum absolute atomic E-state index is 13.7. The van der Waals surface area contributed by atoms with Crippen LogP contribution in [0, 0.1) is 12.7 Å². The van der Waals surface area contributed by atoms with E-state index in [1.54, 1.807) is 13.0 Å². The molecule has 0 radical (unpaired) electrons. The van der Waals surface area contributed by atoms with Gasteiger partial charge < -0.3 is 5.11 Å². The van der Waals surface area contributed by atoms with Gasteiger partial charge in [-0.2, -0.15) is 0 Å². The second kappa shape index (κ2) is 4.18. The molecule has 2 rings (SSSR count). The van der Waals surface area contributed by atoms with Gasteiger partial charge in [0.2, 0.25) is 0 Å². The number of benzene rings is 1. The van der Waals surface area contributed by atoms with E-state index in [0.29, 0.717) is 11.1 Å². The monoisotopic (exact) mass is 219 g/mol. The molecule has 1 aromatic carbocycles. The molecule has 2 nitrogen and oxygen atoms in total. The minimum atomic E-state index is -0.299. The highest BCUT2D eigenvalue weighted by atomic mass is 19.1. The minimum absolute atomic E-state index is 0.0777. The number of aliphatic hydroxyl groups excluding tert-OH is 1. The second-order valence-electron chi connectivity index (χ2n) is 4.07. The number of aromatic nitrogens is 1. The first kappa shape index (κ1) is 11.0. The van der Waals surface area contributed by atoms with Crippen LogP contribution in [-0.4, -0.2) is 16.7 Å². The van der Waals surface area contributed by atoms with Gasteiger partial charge in [0.15, 0.2) is 0 Å². The fraction of sp³-hybridized carbons (Fsp3) is 0.308. The van der Waals surface area contributed by atoms with E-state index in [1.807, 2.05) is 19.1 Å². The molecule has 0 aliphatic heterocycles. The first-order valence-corrected chi connectivity index (χ1v) is 5.30. The lowest BCUT2D eigenvalue weighted by atomic mass is 9.98. The molecule has 1 unspecified atom stereocenters. The van der Waals surface area contributed by atoms with Crippen molar-refractivity contribution in [2.75, 3.05) is 6.61 Å². The van der Waals surface area contributed by atoms with Crippen molar-refractivity contribution >= 4 is 10.9 Å². The molecule has 1 aromatic heterocycles.